The molecule has 0 N–H and O–H groups in total. The molecule has 0 amide bonds. The third kappa shape index (κ3) is 3.19. The first-order valence-electron chi connectivity index (χ1n) is 8.94. The van der Waals surface area contributed by atoms with Gasteiger partial charge in [-0.05, 0) is 0 Å². The smallest absolute Gasteiger partial charge is 1.00 e. The van der Waals surface area contributed by atoms with Gasteiger partial charge in [-0.3, -0.25) is 0 Å². The van der Waals surface area contributed by atoms with Gasteiger partial charge in [-0.25, -0.2) is 0 Å². The van der Waals surface area contributed by atoms with E-state index in [1.807, 2.05) is 11.8 Å². The summed E-state index contributed by atoms with van der Waals surface area (Å²) in [4.78, 5) is 1.39. The van der Waals surface area contributed by atoms with Crippen LogP contribution in [0, 0.1) is 0 Å². The van der Waals surface area contributed by atoms with Gasteiger partial charge < -0.3 is 24.8 Å². The van der Waals surface area contributed by atoms with Crippen molar-refractivity contribution in [2.45, 2.75) is 10.8 Å². The van der Waals surface area contributed by atoms with E-state index in [0.717, 1.165) is 2.96 Å². The Morgan fingerprint density at radius 2 is 1.73 bits per heavy atom. The van der Waals surface area contributed by atoms with Crippen molar-refractivity contribution in [3.8, 4) is 0 Å². The van der Waals surface area contributed by atoms with E-state index in [1.54, 1.807) is 11.1 Å². The molecule has 0 spiro atoms. The summed E-state index contributed by atoms with van der Waals surface area (Å²) < 4.78 is 5.31. The molecule has 3 heterocycles. The van der Waals surface area contributed by atoms with Gasteiger partial charge in [0.25, 0.3) is 0 Å². The van der Waals surface area contributed by atoms with Gasteiger partial charge >= 0.3 is 205 Å². The molecule has 8 heteroatoms. The summed E-state index contributed by atoms with van der Waals surface area (Å²) in [7, 11) is 0. The van der Waals surface area contributed by atoms with E-state index in [2.05, 4.69) is 103 Å². The fraction of sp³-hybridized carbons (Fsp3) is 0.0909. The fourth-order valence-corrected chi connectivity index (χ4v) is 17.3. The van der Waals surface area contributed by atoms with E-state index in [1.165, 1.54) is 50.1 Å². The van der Waals surface area contributed by atoms with E-state index in [-0.39, 0.29) is 24.8 Å². The Balaban J connectivity index is 0.000000963. The summed E-state index contributed by atoms with van der Waals surface area (Å²) in [6, 6.07) is 11.4. The van der Waals surface area contributed by atoms with Crippen LogP contribution in [-0.4, -0.2) is 5.92 Å². The number of hydrogen-bond acceptors (Lipinski definition) is 3. The van der Waals surface area contributed by atoms with Crippen molar-refractivity contribution in [3.63, 3.8) is 0 Å². The Morgan fingerprint density at radius 1 is 0.900 bits per heavy atom. The van der Waals surface area contributed by atoms with Crippen LogP contribution in [-0.2, 0) is 23.2 Å². The largest absolute Gasteiger partial charge is 1.00 e. The molecule has 2 aromatic rings. The van der Waals surface area contributed by atoms with Gasteiger partial charge in [0.05, 0.1) is 0 Å². The standard InChI is InChI=1S/C22H10Br2S3.2ClH.Zr/c23-13-1-2-14-11(5-13)6-17-19(14)10-26-22(17)27-21-16-7-12-8-25-9-18(12)15(16)3-4-20(21)24;;;/h1-10H;2*1H;/q;;;+2/p-2. The zero-order chi connectivity index (χ0) is 18.6. The second-order valence-corrected chi connectivity index (χ2v) is 18.1. The molecular weight excluding hydrogens is 682 g/mol. The first-order chi connectivity index (χ1) is 13.7. The minimum absolute atomic E-state index is 0. The Morgan fingerprint density at radius 3 is 2.60 bits per heavy atom. The zero-order valence-electron chi connectivity index (χ0n) is 15.0. The van der Waals surface area contributed by atoms with Crippen LogP contribution < -0.4 is 45.7 Å². The predicted molar refractivity (Wildman–Crippen MR) is 126 cm³/mol. The number of benzene rings is 2. The number of hydrogen-bond donors (Lipinski definition) is 0. The Labute approximate surface area is 227 Å². The summed E-state index contributed by atoms with van der Waals surface area (Å²) in [6.45, 7) is 0. The molecule has 6 bridgehead atoms. The fourth-order valence-electron chi connectivity index (χ4n) is 4.55. The first kappa shape index (κ1) is 22.7. The summed E-state index contributed by atoms with van der Waals surface area (Å²) in [5.41, 5.74) is 6.25. The quantitative estimate of drug-likeness (QED) is 0.322. The minimum Gasteiger partial charge on any atom is -1.00 e. The van der Waals surface area contributed by atoms with Gasteiger partial charge in [-0.15, -0.1) is 0 Å². The molecule has 0 radical (unpaired) electrons. The van der Waals surface area contributed by atoms with Gasteiger partial charge in [-0.2, -0.15) is 0 Å². The van der Waals surface area contributed by atoms with Crippen LogP contribution in [0.15, 0.2) is 65.0 Å². The average molecular weight is 692 g/mol. The van der Waals surface area contributed by atoms with Gasteiger partial charge in [0, 0.05) is 0 Å². The third-order valence-corrected chi connectivity index (χ3v) is 16.9. The van der Waals surface area contributed by atoms with Crippen molar-refractivity contribution in [1.82, 2.24) is 0 Å². The van der Waals surface area contributed by atoms with Crippen LogP contribution in [0.4, 0.5) is 0 Å². The molecule has 0 saturated carbocycles. The van der Waals surface area contributed by atoms with Crippen LogP contribution in [0.1, 0.15) is 0 Å². The molecule has 2 aromatic carbocycles. The number of rotatable bonds is 0. The summed E-state index contributed by atoms with van der Waals surface area (Å²) in [5, 5.41) is 8.21. The van der Waals surface area contributed by atoms with Crippen molar-refractivity contribution >= 4 is 90.4 Å². The average Bonchev–Trinajstić information content (AvgIpc) is 3.38. The molecule has 30 heavy (non-hydrogen) atoms. The maximum atomic E-state index is 3.85. The van der Waals surface area contributed by atoms with Crippen LogP contribution in [0.5, 0.6) is 0 Å². The van der Waals surface area contributed by atoms with Crippen LogP contribution >= 0.6 is 67.1 Å². The molecule has 0 saturated heterocycles. The van der Waals surface area contributed by atoms with Crippen molar-refractivity contribution in [3.05, 3.63) is 80.9 Å². The molecule has 0 nitrogen and oxygen atoms in total. The number of fused-ring (bicyclic) bond motifs is 5. The minimum atomic E-state index is -0.702. The molecule has 0 aromatic heterocycles. The Bertz CT molecular complexity index is 1460. The molecule has 2 aliphatic carbocycles. The van der Waals surface area contributed by atoms with Crippen LogP contribution in [0.3, 0.4) is 0 Å². The van der Waals surface area contributed by atoms with E-state index < -0.39 is 23.2 Å². The van der Waals surface area contributed by atoms with Gasteiger partial charge in [0.2, 0.25) is 0 Å². The molecule has 7 rings (SSSR count). The number of allylic oxidation sites excluding steroid dienone is 2. The maximum Gasteiger partial charge on any atom is -1.00 e. The topological polar surface area (TPSA) is 0 Å². The van der Waals surface area contributed by atoms with Crippen molar-refractivity contribution < 1.29 is 48.0 Å². The summed E-state index contributed by atoms with van der Waals surface area (Å²) >= 11 is 13.0. The van der Waals surface area contributed by atoms with E-state index in [9.17, 15) is 0 Å². The maximum absolute atomic E-state index is 3.85. The summed E-state index contributed by atoms with van der Waals surface area (Å²) in [6.07, 6.45) is 4.87. The van der Waals surface area contributed by atoms with Crippen LogP contribution in [0.2, 0.25) is 0 Å². The zero-order valence-corrected chi connectivity index (χ0v) is 24.6. The molecule has 3 aliphatic heterocycles. The SMILES string of the molecule is Brc1ccc2c(c1)=CC1=C3Sc4c(Br)ccc5c4=CC4=CS[CH]([Zr+2][CH](S3)C=21)C=54.[Cl-].[Cl-]. The van der Waals surface area contributed by atoms with E-state index >= 15 is 0 Å². The molecule has 0 fully saturated rings. The number of thioether (sulfide) groups is 3. The van der Waals surface area contributed by atoms with Crippen molar-refractivity contribution in [2.24, 2.45) is 0 Å². The van der Waals surface area contributed by atoms with Crippen molar-refractivity contribution in [2.75, 3.05) is 0 Å². The van der Waals surface area contributed by atoms with Crippen molar-refractivity contribution in [1.29, 1.82) is 0 Å². The van der Waals surface area contributed by atoms with Gasteiger partial charge in [0.15, 0.2) is 0 Å². The molecule has 2 atom stereocenters. The second-order valence-electron chi connectivity index (χ2n) is 7.24. The molecular formula is C22H10Br2Cl2S3Zr. The Hall–Kier alpha value is 0.873. The van der Waals surface area contributed by atoms with E-state index in [0.29, 0.717) is 2.96 Å². The third-order valence-electron chi connectivity index (χ3n) is 5.74. The number of halogens is 4. The van der Waals surface area contributed by atoms with Crippen LogP contribution in [0.25, 0.3) is 23.3 Å². The molecule has 148 valence electrons. The van der Waals surface area contributed by atoms with Gasteiger partial charge in [-0.1, -0.05) is 0 Å². The Kier molecular flexibility index (Phi) is 6.25. The summed E-state index contributed by atoms with van der Waals surface area (Å²) in [5.74, 6) is 0. The van der Waals surface area contributed by atoms with E-state index in [4.69, 9.17) is 0 Å². The second kappa shape index (κ2) is 8.27. The first-order valence-corrected chi connectivity index (χ1v) is 16.0. The molecule has 5 aliphatic rings. The predicted octanol–water partition coefficient (Wildman–Crippen LogP) is -1.76. The monoisotopic (exact) mass is 688 g/mol. The normalized spacial score (nSPS) is 23.2. The van der Waals surface area contributed by atoms with Gasteiger partial charge in [0.1, 0.15) is 0 Å². The molecule has 2 unspecified atom stereocenters.